The molecule has 0 bridgehead atoms. The van der Waals surface area contributed by atoms with Gasteiger partial charge in [-0.15, -0.1) is 0 Å². The van der Waals surface area contributed by atoms with Crippen LogP contribution in [0, 0.1) is 5.82 Å². The number of carbonyl (C=O) groups is 2. The predicted octanol–water partition coefficient (Wildman–Crippen LogP) is 3.60. The van der Waals surface area contributed by atoms with Crippen LogP contribution in [0.25, 0.3) is 5.57 Å². The van der Waals surface area contributed by atoms with Gasteiger partial charge in [-0.2, -0.15) is 0 Å². The van der Waals surface area contributed by atoms with Crippen LogP contribution in [0.2, 0.25) is 0 Å². The van der Waals surface area contributed by atoms with Gasteiger partial charge in [-0.05, 0) is 37.0 Å². The molecule has 0 aromatic heterocycles. The van der Waals surface area contributed by atoms with Crippen LogP contribution in [0.15, 0.2) is 65.8 Å². The Kier molecular flexibility index (Phi) is 6.99. The van der Waals surface area contributed by atoms with Crippen molar-refractivity contribution in [2.45, 2.75) is 50.7 Å². The zero-order valence-electron chi connectivity index (χ0n) is 18.7. The fraction of sp³-hybridized carbons (Fsp3) is 0.346. The summed E-state index contributed by atoms with van der Waals surface area (Å²) in [6, 6.07) is 15.2. The van der Waals surface area contributed by atoms with Crippen molar-refractivity contribution in [2.24, 2.45) is 10.7 Å². The first-order valence-electron chi connectivity index (χ1n) is 11.3. The first-order valence-corrected chi connectivity index (χ1v) is 11.3. The lowest BCUT2D eigenvalue weighted by atomic mass is 9.99. The Morgan fingerprint density at radius 2 is 1.91 bits per heavy atom. The van der Waals surface area contributed by atoms with Crippen molar-refractivity contribution in [3.05, 3.63) is 77.7 Å². The van der Waals surface area contributed by atoms with Crippen molar-refractivity contribution in [3.8, 4) is 0 Å². The molecule has 0 spiro atoms. The minimum atomic E-state index is -0.946. The minimum Gasteiger partial charge on any atom is -0.347 e. The molecule has 1 saturated heterocycles. The van der Waals surface area contributed by atoms with E-state index < -0.39 is 11.9 Å². The number of allylic oxidation sites excluding steroid dienone is 1. The Labute approximate surface area is 193 Å². The summed E-state index contributed by atoms with van der Waals surface area (Å²) >= 11 is 0. The van der Waals surface area contributed by atoms with E-state index in [4.69, 9.17) is 5.73 Å². The smallest absolute Gasteiger partial charge is 0.237 e. The Morgan fingerprint density at radius 3 is 2.67 bits per heavy atom. The van der Waals surface area contributed by atoms with Crippen LogP contribution in [0.1, 0.15) is 49.8 Å². The van der Waals surface area contributed by atoms with Crippen molar-refractivity contribution in [1.82, 2.24) is 10.2 Å². The Hall–Kier alpha value is -3.32. The number of nitrogens with one attached hydrogen (secondary N) is 1. The Balaban J connectivity index is 1.30. The van der Waals surface area contributed by atoms with E-state index >= 15 is 0 Å². The third-order valence-corrected chi connectivity index (χ3v) is 6.32. The lowest BCUT2D eigenvalue weighted by molar-refractivity contribution is -0.135. The Morgan fingerprint density at radius 1 is 1.18 bits per heavy atom. The van der Waals surface area contributed by atoms with Crippen LogP contribution in [-0.2, 0) is 9.59 Å². The molecule has 0 unspecified atom stereocenters. The van der Waals surface area contributed by atoms with Gasteiger partial charge in [0.2, 0.25) is 11.8 Å². The van der Waals surface area contributed by atoms with Crippen molar-refractivity contribution in [2.75, 3.05) is 6.54 Å². The standard InChI is InChI=1S/C26H29FN4O2/c1-17(23-14-19(16-29-23)20-10-5-6-11-21(20)27)30-26(33)22(28)15-25(32)31-13-7-12-24(31)18-8-3-2-4-9-18/h2-6,8-11,16-17,22,24H,7,12-15,28H2,1H3,(H,30,33)/t17-,22-,24+/m0/s1. The molecule has 2 aliphatic rings. The number of hydrogen-bond acceptors (Lipinski definition) is 4. The van der Waals surface area contributed by atoms with E-state index in [1.54, 1.807) is 24.4 Å². The maximum absolute atomic E-state index is 14.1. The summed E-state index contributed by atoms with van der Waals surface area (Å²) in [5.74, 6) is -0.806. The van der Waals surface area contributed by atoms with Crippen LogP contribution in [0.4, 0.5) is 4.39 Å². The molecule has 2 heterocycles. The fourth-order valence-electron chi connectivity index (χ4n) is 4.49. The lowest BCUT2D eigenvalue weighted by Crippen LogP contribution is -2.49. The number of amides is 2. The number of hydrogen-bond donors (Lipinski definition) is 2. The molecule has 3 N–H and O–H groups in total. The highest BCUT2D eigenvalue weighted by Crippen LogP contribution is 2.32. The fourth-order valence-corrected chi connectivity index (χ4v) is 4.49. The molecular weight excluding hydrogens is 419 g/mol. The minimum absolute atomic E-state index is 0.0311. The molecular formula is C26H29FN4O2. The second-order valence-corrected chi connectivity index (χ2v) is 8.63. The number of rotatable bonds is 7. The highest BCUT2D eigenvalue weighted by molar-refractivity contribution is 6.03. The van der Waals surface area contributed by atoms with E-state index in [1.807, 2.05) is 42.2 Å². The monoisotopic (exact) mass is 448 g/mol. The predicted molar refractivity (Wildman–Crippen MR) is 127 cm³/mol. The zero-order chi connectivity index (χ0) is 23.4. The van der Waals surface area contributed by atoms with Crippen molar-refractivity contribution < 1.29 is 14.0 Å². The summed E-state index contributed by atoms with van der Waals surface area (Å²) in [6.07, 6.45) is 3.87. The SMILES string of the molecule is C[C@H](NC(=O)[C@@H](N)CC(=O)N1CCC[C@@H]1c1ccccc1)C1=NC=C(c2ccccc2F)C1. The van der Waals surface area contributed by atoms with Gasteiger partial charge in [0.25, 0.3) is 0 Å². The quantitative estimate of drug-likeness (QED) is 0.679. The molecule has 0 saturated carbocycles. The molecule has 2 aliphatic heterocycles. The first-order chi connectivity index (χ1) is 15.9. The van der Waals surface area contributed by atoms with Gasteiger partial charge in [0.05, 0.1) is 24.5 Å². The summed E-state index contributed by atoms with van der Waals surface area (Å²) in [5, 5.41) is 2.85. The van der Waals surface area contributed by atoms with Crippen LogP contribution in [0.3, 0.4) is 0 Å². The lowest BCUT2D eigenvalue weighted by Gasteiger charge is -2.26. The van der Waals surface area contributed by atoms with E-state index in [2.05, 4.69) is 10.3 Å². The number of likely N-dealkylation sites (tertiary alicyclic amines) is 1. The van der Waals surface area contributed by atoms with Gasteiger partial charge in [-0.1, -0.05) is 48.5 Å². The van der Waals surface area contributed by atoms with Gasteiger partial charge < -0.3 is 16.0 Å². The molecule has 33 heavy (non-hydrogen) atoms. The number of benzene rings is 2. The molecule has 172 valence electrons. The van der Waals surface area contributed by atoms with Gasteiger partial charge in [0.15, 0.2) is 0 Å². The summed E-state index contributed by atoms with van der Waals surface area (Å²) in [4.78, 5) is 31.8. The van der Waals surface area contributed by atoms with Gasteiger partial charge in [0, 0.05) is 30.4 Å². The van der Waals surface area contributed by atoms with Gasteiger partial charge in [-0.3, -0.25) is 14.6 Å². The summed E-state index contributed by atoms with van der Waals surface area (Å²) in [6.45, 7) is 2.49. The summed E-state index contributed by atoms with van der Waals surface area (Å²) < 4.78 is 14.1. The highest BCUT2D eigenvalue weighted by Gasteiger charge is 2.32. The van der Waals surface area contributed by atoms with Crippen LogP contribution < -0.4 is 11.1 Å². The number of nitrogens with zero attached hydrogens (tertiary/aromatic N) is 2. The maximum Gasteiger partial charge on any atom is 0.237 e. The molecule has 0 radical (unpaired) electrons. The van der Waals surface area contributed by atoms with E-state index in [1.165, 1.54) is 6.07 Å². The molecule has 2 amide bonds. The third kappa shape index (κ3) is 5.20. The van der Waals surface area contributed by atoms with E-state index in [0.717, 1.165) is 29.7 Å². The second-order valence-electron chi connectivity index (χ2n) is 8.63. The topological polar surface area (TPSA) is 87.8 Å². The maximum atomic E-state index is 14.1. The average molecular weight is 449 g/mol. The zero-order valence-corrected chi connectivity index (χ0v) is 18.7. The molecule has 3 atom stereocenters. The van der Waals surface area contributed by atoms with Crippen LogP contribution in [0.5, 0.6) is 0 Å². The van der Waals surface area contributed by atoms with E-state index in [-0.39, 0.29) is 30.2 Å². The first kappa shape index (κ1) is 22.9. The van der Waals surface area contributed by atoms with Gasteiger partial charge in [0.1, 0.15) is 5.82 Å². The number of aliphatic imine (C=N–C) groups is 1. The second kappa shape index (κ2) is 10.1. The summed E-state index contributed by atoms with van der Waals surface area (Å²) in [7, 11) is 0. The molecule has 2 aromatic rings. The molecule has 7 heteroatoms. The van der Waals surface area contributed by atoms with Crippen molar-refractivity contribution in [3.63, 3.8) is 0 Å². The molecule has 0 aliphatic carbocycles. The molecule has 1 fully saturated rings. The van der Waals surface area contributed by atoms with Crippen molar-refractivity contribution in [1.29, 1.82) is 0 Å². The third-order valence-electron chi connectivity index (χ3n) is 6.32. The largest absolute Gasteiger partial charge is 0.347 e. The van der Waals surface area contributed by atoms with E-state index in [9.17, 15) is 14.0 Å². The number of nitrogens with two attached hydrogens (primary N) is 1. The number of halogens is 1. The van der Waals surface area contributed by atoms with Gasteiger partial charge >= 0.3 is 0 Å². The highest BCUT2D eigenvalue weighted by atomic mass is 19.1. The summed E-state index contributed by atoms with van der Waals surface area (Å²) in [5.41, 5.74) is 9.20. The van der Waals surface area contributed by atoms with Crippen molar-refractivity contribution >= 4 is 23.1 Å². The van der Waals surface area contributed by atoms with Crippen LogP contribution >= 0.6 is 0 Å². The average Bonchev–Trinajstić information content (AvgIpc) is 3.50. The molecule has 4 rings (SSSR count). The Bertz CT molecular complexity index is 1080. The number of carbonyl (C=O) groups excluding carboxylic acids is 2. The van der Waals surface area contributed by atoms with Gasteiger partial charge in [-0.25, -0.2) is 4.39 Å². The normalized spacial score (nSPS) is 19.6. The molecule has 2 aromatic carbocycles. The van der Waals surface area contributed by atoms with E-state index in [0.29, 0.717) is 18.5 Å². The molecule has 6 nitrogen and oxygen atoms in total. The van der Waals surface area contributed by atoms with Crippen LogP contribution in [-0.4, -0.2) is 41.1 Å².